The third kappa shape index (κ3) is 3.80. The molecule has 7 nitrogen and oxygen atoms in total. The maximum absolute atomic E-state index is 13.0. The van der Waals surface area contributed by atoms with Crippen LogP contribution < -0.4 is 14.2 Å². The van der Waals surface area contributed by atoms with Gasteiger partial charge in [0.15, 0.2) is 11.5 Å². The summed E-state index contributed by atoms with van der Waals surface area (Å²) in [5.41, 5.74) is 1.10. The van der Waals surface area contributed by atoms with Crippen molar-refractivity contribution in [2.24, 2.45) is 0 Å². The van der Waals surface area contributed by atoms with Crippen LogP contribution in [0.5, 0.6) is 17.2 Å². The average molecular weight is 404 g/mol. The number of hydrogen-bond donors (Lipinski definition) is 0. The fraction of sp³-hybridized carbons (Fsp3) is 0.400. The number of rotatable bonds is 5. The third-order valence-corrected chi connectivity index (χ3v) is 6.96. The monoisotopic (exact) mass is 404 g/mol. The van der Waals surface area contributed by atoms with Crippen LogP contribution in [0, 0.1) is 0 Å². The Balaban J connectivity index is 1.43. The number of ether oxygens (including phenoxy) is 3. The van der Waals surface area contributed by atoms with Crippen molar-refractivity contribution < 1.29 is 22.6 Å². The normalized spacial score (nSPS) is 18.0. The second-order valence-electron chi connectivity index (χ2n) is 6.80. The van der Waals surface area contributed by atoms with Gasteiger partial charge in [-0.05, 0) is 18.2 Å². The van der Waals surface area contributed by atoms with Crippen molar-refractivity contribution in [3.8, 4) is 17.2 Å². The summed E-state index contributed by atoms with van der Waals surface area (Å²) in [6, 6.07) is 12.7. The molecule has 2 aromatic rings. The number of hydrogen-bond acceptors (Lipinski definition) is 6. The zero-order chi connectivity index (χ0) is 19.6. The van der Waals surface area contributed by atoms with Crippen molar-refractivity contribution in [1.82, 2.24) is 9.21 Å². The molecule has 150 valence electrons. The maximum atomic E-state index is 13.0. The molecule has 2 aliphatic heterocycles. The molecule has 28 heavy (non-hydrogen) atoms. The molecule has 2 heterocycles. The van der Waals surface area contributed by atoms with Gasteiger partial charge in [-0.25, -0.2) is 8.42 Å². The van der Waals surface area contributed by atoms with E-state index < -0.39 is 10.0 Å². The van der Waals surface area contributed by atoms with Gasteiger partial charge in [-0.15, -0.1) is 0 Å². The molecule has 1 fully saturated rings. The van der Waals surface area contributed by atoms with Crippen LogP contribution >= 0.6 is 0 Å². The summed E-state index contributed by atoms with van der Waals surface area (Å²) in [6.07, 6.45) is 0. The van der Waals surface area contributed by atoms with Crippen LogP contribution in [0.4, 0.5) is 0 Å². The summed E-state index contributed by atoms with van der Waals surface area (Å²) in [4.78, 5) is 2.49. The van der Waals surface area contributed by atoms with Crippen molar-refractivity contribution >= 4 is 10.0 Å². The lowest BCUT2D eigenvalue weighted by Crippen LogP contribution is -2.48. The number of para-hydroxylation sites is 1. The van der Waals surface area contributed by atoms with E-state index >= 15 is 0 Å². The quantitative estimate of drug-likeness (QED) is 0.759. The van der Waals surface area contributed by atoms with Gasteiger partial charge < -0.3 is 14.2 Å². The van der Waals surface area contributed by atoms with Crippen molar-refractivity contribution in [2.45, 2.75) is 11.4 Å². The van der Waals surface area contributed by atoms with Gasteiger partial charge in [-0.1, -0.05) is 18.2 Å². The molecule has 8 heteroatoms. The van der Waals surface area contributed by atoms with Crippen LogP contribution in [-0.2, 0) is 16.6 Å². The van der Waals surface area contributed by atoms with Gasteiger partial charge in [-0.2, -0.15) is 4.31 Å². The van der Waals surface area contributed by atoms with Crippen molar-refractivity contribution in [2.75, 3.05) is 46.5 Å². The van der Waals surface area contributed by atoms with E-state index in [1.54, 1.807) is 25.3 Å². The fourth-order valence-electron chi connectivity index (χ4n) is 3.54. The molecule has 0 radical (unpaired) electrons. The Kier molecular flexibility index (Phi) is 5.43. The average Bonchev–Trinajstić information content (AvgIpc) is 2.74. The molecule has 0 aromatic heterocycles. The number of nitrogens with zero attached hydrogens (tertiary/aromatic N) is 2. The first kappa shape index (κ1) is 19.0. The highest BCUT2D eigenvalue weighted by atomic mass is 32.2. The number of benzene rings is 2. The molecule has 0 bridgehead atoms. The summed E-state index contributed by atoms with van der Waals surface area (Å²) >= 11 is 0. The lowest BCUT2D eigenvalue weighted by Gasteiger charge is -2.34. The predicted molar refractivity (Wildman–Crippen MR) is 104 cm³/mol. The Morgan fingerprint density at radius 1 is 0.964 bits per heavy atom. The molecule has 0 saturated carbocycles. The fourth-order valence-corrected chi connectivity index (χ4v) is 4.97. The minimum Gasteiger partial charge on any atom is -0.496 e. The van der Waals surface area contributed by atoms with Crippen LogP contribution in [0.3, 0.4) is 0 Å². The second-order valence-corrected chi connectivity index (χ2v) is 8.74. The minimum absolute atomic E-state index is 0.245. The number of piperazine rings is 1. The Labute approximate surface area is 165 Å². The van der Waals surface area contributed by atoms with Gasteiger partial charge in [0.05, 0.1) is 12.0 Å². The highest BCUT2D eigenvalue weighted by Gasteiger charge is 2.30. The molecule has 0 atom stereocenters. The molecule has 0 spiro atoms. The zero-order valence-corrected chi connectivity index (χ0v) is 16.7. The smallest absolute Gasteiger partial charge is 0.243 e. The van der Waals surface area contributed by atoms with E-state index in [-0.39, 0.29) is 4.90 Å². The van der Waals surface area contributed by atoms with E-state index in [1.165, 1.54) is 4.31 Å². The van der Waals surface area contributed by atoms with Crippen LogP contribution in [0.15, 0.2) is 47.4 Å². The molecule has 2 aromatic carbocycles. The lowest BCUT2D eigenvalue weighted by molar-refractivity contribution is 0.170. The maximum Gasteiger partial charge on any atom is 0.243 e. The van der Waals surface area contributed by atoms with E-state index in [0.29, 0.717) is 50.9 Å². The van der Waals surface area contributed by atoms with Crippen LogP contribution in [0.25, 0.3) is 0 Å². The molecule has 0 N–H and O–H groups in total. The van der Waals surface area contributed by atoms with E-state index in [9.17, 15) is 8.42 Å². The summed E-state index contributed by atoms with van der Waals surface area (Å²) < 4.78 is 44.0. The van der Waals surface area contributed by atoms with E-state index in [0.717, 1.165) is 17.9 Å². The largest absolute Gasteiger partial charge is 0.496 e. The molecule has 0 unspecified atom stereocenters. The Morgan fingerprint density at radius 2 is 1.68 bits per heavy atom. The highest BCUT2D eigenvalue weighted by Crippen LogP contribution is 2.33. The van der Waals surface area contributed by atoms with Gasteiger partial charge in [0, 0.05) is 44.4 Å². The summed E-state index contributed by atoms with van der Waals surface area (Å²) in [6.45, 7) is 3.88. The Hall–Kier alpha value is -2.29. The highest BCUT2D eigenvalue weighted by molar-refractivity contribution is 7.89. The SMILES string of the molecule is COc1ccccc1CN1CCN(S(=O)(=O)c2ccc3c(c2)OCCO3)CC1. The summed E-state index contributed by atoms with van der Waals surface area (Å²) in [5, 5.41) is 0. The van der Waals surface area contributed by atoms with Crippen LogP contribution in [0.1, 0.15) is 5.56 Å². The molecular weight excluding hydrogens is 380 g/mol. The Morgan fingerprint density at radius 3 is 2.43 bits per heavy atom. The van der Waals surface area contributed by atoms with Crippen molar-refractivity contribution in [3.05, 3.63) is 48.0 Å². The van der Waals surface area contributed by atoms with E-state index in [4.69, 9.17) is 14.2 Å². The molecule has 4 rings (SSSR count). The zero-order valence-electron chi connectivity index (χ0n) is 15.8. The van der Waals surface area contributed by atoms with Crippen molar-refractivity contribution in [3.63, 3.8) is 0 Å². The summed E-state index contributed by atoms with van der Waals surface area (Å²) in [7, 11) is -1.89. The van der Waals surface area contributed by atoms with E-state index in [1.807, 2.05) is 24.3 Å². The first-order valence-electron chi connectivity index (χ1n) is 9.32. The second kappa shape index (κ2) is 7.98. The van der Waals surface area contributed by atoms with Gasteiger partial charge in [0.25, 0.3) is 0 Å². The first-order valence-corrected chi connectivity index (χ1v) is 10.8. The Bertz CT molecular complexity index is 939. The number of methoxy groups -OCH3 is 1. The number of sulfonamides is 1. The number of fused-ring (bicyclic) bond motifs is 1. The predicted octanol–water partition coefficient (Wildman–Crippen LogP) is 1.97. The minimum atomic E-state index is -3.56. The van der Waals surface area contributed by atoms with Crippen LogP contribution in [-0.4, -0.2) is 64.1 Å². The van der Waals surface area contributed by atoms with Gasteiger partial charge in [-0.3, -0.25) is 4.90 Å². The van der Waals surface area contributed by atoms with Gasteiger partial charge in [0.1, 0.15) is 19.0 Å². The lowest BCUT2D eigenvalue weighted by atomic mass is 10.2. The van der Waals surface area contributed by atoms with Gasteiger partial charge in [0.2, 0.25) is 10.0 Å². The molecule has 1 saturated heterocycles. The van der Waals surface area contributed by atoms with E-state index in [2.05, 4.69) is 4.90 Å². The first-order chi connectivity index (χ1) is 13.6. The van der Waals surface area contributed by atoms with Crippen molar-refractivity contribution in [1.29, 1.82) is 0 Å². The molecule has 0 amide bonds. The molecular formula is C20H24N2O5S. The van der Waals surface area contributed by atoms with Crippen LogP contribution in [0.2, 0.25) is 0 Å². The third-order valence-electron chi connectivity index (χ3n) is 5.07. The molecule has 2 aliphatic rings. The molecule has 0 aliphatic carbocycles. The van der Waals surface area contributed by atoms with Gasteiger partial charge >= 0.3 is 0 Å². The standard InChI is InChI=1S/C20H24N2O5S/c1-25-18-5-3-2-4-16(18)15-21-8-10-22(11-9-21)28(23,24)17-6-7-19-20(14-17)27-13-12-26-19/h2-7,14H,8-13,15H2,1H3. The summed E-state index contributed by atoms with van der Waals surface area (Å²) in [5.74, 6) is 1.93. The topological polar surface area (TPSA) is 68.3 Å².